The van der Waals surface area contributed by atoms with Crippen LogP contribution in [-0.2, 0) is 22.8 Å². The Kier molecular flexibility index (Phi) is 3.71. The fraction of sp³-hybridized carbons (Fsp3) is 0.429. The number of aromatic nitrogens is 2. The van der Waals surface area contributed by atoms with Gasteiger partial charge < -0.3 is 0 Å². The van der Waals surface area contributed by atoms with E-state index in [2.05, 4.69) is 24.0 Å². The summed E-state index contributed by atoms with van der Waals surface area (Å²) in [5, 5.41) is 7.11. The topological polar surface area (TPSA) is 45.8 Å². The number of hydrogen-bond donors (Lipinski definition) is 1. The first-order valence-electron chi connectivity index (χ1n) is 8.98. The van der Waals surface area contributed by atoms with E-state index >= 15 is 0 Å². The molecule has 0 unspecified atom stereocenters. The molecule has 2 aliphatic rings. The van der Waals surface area contributed by atoms with Gasteiger partial charge in [-0.3, -0.25) is 9.89 Å². The third-order valence-corrected chi connectivity index (χ3v) is 5.88. The Hall–Kier alpha value is -2.37. The molecule has 0 saturated heterocycles. The molecule has 1 N–H and O–H groups in total. The summed E-state index contributed by atoms with van der Waals surface area (Å²) in [6, 6.07) is 5.32. The van der Waals surface area contributed by atoms with Crippen molar-refractivity contribution < 1.29 is 18.0 Å². The van der Waals surface area contributed by atoms with Gasteiger partial charge >= 0.3 is 6.18 Å². The monoisotopic (exact) mass is 374 g/mol. The fourth-order valence-corrected chi connectivity index (χ4v) is 4.76. The Morgan fingerprint density at radius 1 is 1.15 bits per heavy atom. The molecule has 2 aromatic rings. The summed E-state index contributed by atoms with van der Waals surface area (Å²) >= 11 is 0. The van der Waals surface area contributed by atoms with Gasteiger partial charge in [-0.05, 0) is 30.4 Å². The van der Waals surface area contributed by atoms with Gasteiger partial charge in [0.2, 0.25) is 0 Å². The Morgan fingerprint density at radius 2 is 1.89 bits per heavy atom. The molecule has 6 heteroatoms. The number of carbonyl (C=O) groups is 1. The van der Waals surface area contributed by atoms with Crippen molar-refractivity contribution in [1.82, 2.24) is 10.2 Å². The van der Waals surface area contributed by atoms with Gasteiger partial charge in [-0.1, -0.05) is 37.6 Å². The van der Waals surface area contributed by atoms with Crippen LogP contribution in [0.5, 0.6) is 0 Å². The van der Waals surface area contributed by atoms with Crippen molar-refractivity contribution in [1.29, 1.82) is 0 Å². The number of halogens is 3. The van der Waals surface area contributed by atoms with Crippen molar-refractivity contribution in [2.75, 3.05) is 0 Å². The van der Waals surface area contributed by atoms with Gasteiger partial charge in [-0.25, -0.2) is 0 Å². The molecule has 0 aliphatic heterocycles. The minimum Gasteiger partial charge on any atom is -0.294 e. The van der Waals surface area contributed by atoms with E-state index in [4.69, 9.17) is 0 Å². The maximum atomic E-state index is 13.3. The molecule has 0 fully saturated rings. The highest BCUT2D eigenvalue weighted by Crippen LogP contribution is 2.52. The number of H-pyrrole nitrogens is 1. The number of hydrogen-bond acceptors (Lipinski definition) is 2. The second-order valence-electron chi connectivity index (χ2n) is 8.56. The first-order chi connectivity index (χ1) is 12.5. The lowest BCUT2D eigenvalue weighted by Crippen LogP contribution is -2.40. The average molecular weight is 374 g/mol. The van der Waals surface area contributed by atoms with Crippen LogP contribution >= 0.6 is 0 Å². The number of aromatic amines is 1. The lowest BCUT2D eigenvalue weighted by molar-refractivity contribution is -0.137. The number of Topliss-reactive ketones (excluding diaryl/α,β-unsaturated/α-hetero) is 1. The van der Waals surface area contributed by atoms with Gasteiger partial charge in [0.15, 0.2) is 5.78 Å². The third kappa shape index (κ3) is 2.73. The number of allylic oxidation sites excluding steroid dienone is 2. The van der Waals surface area contributed by atoms with E-state index in [1.807, 2.05) is 6.92 Å². The van der Waals surface area contributed by atoms with Crippen molar-refractivity contribution in [3.8, 4) is 0 Å². The van der Waals surface area contributed by atoms with E-state index in [-0.39, 0.29) is 11.2 Å². The highest BCUT2D eigenvalue weighted by atomic mass is 19.4. The standard InChI is InChI=1S/C21H21F3N2O/c1-19(2)9-12-7-16-15(11-25-26-16)20(3,18(12)17(27)10-19)13-5-4-6-14(8-13)21(22,23)24/h4-6,8,11H,7,9-10H2,1-3H3,(H,25,26)/t20-/m0/s1. The van der Waals surface area contributed by atoms with Crippen LogP contribution < -0.4 is 0 Å². The molecule has 0 spiro atoms. The van der Waals surface area contributed by atoms with Crippen molar-refractivity contribution >= 4 is 5.78 Å². The van der Waals surface area contributed by atoms with E-state index in [0.29, 0.717) is 24.0 Å². The number of ketones is 1. The number of alkyl halides is 3. The molecule has 1 heterocycles. The number of rotatable bonds is 1. The molecule has 27 heavy (non-hydrogen) atoms. The number of carbonyl (C=O) groups excluding carboxylic acids is 1. The van der Waals surface area contributed by atoms with E-state index in [9.17, 15) is 18.0 Å². The predicted octanol–water partition coefficient (Wildman–Crippen LogP) is 4.98. The van der Waals surface area contributed by atoms with Crippen LogP contribution in [0, 0.1) is 5.41 Å². The largest absolute Gasteiger partial charge is 0.416 e. The molecule has 0 amide bonds. The number of fused-ring (bicyclic) bond motifs is 1. The molecule has 0 saturated carbocycles. The Labute approximate surface area is 155 Å². The SMILES string of the molecule is CC1(C)CC(=O)C2=C(Cc3[nH]ncc3[C@]2(C)c2cccc(C(F)(F)F)c2)C1. The zero-order valence-corrected chi connectivity index (χ0v) is 15.5. The lowest BCUT2D eigenvalue weighted by Gasteiger charge is -2.43. The Balaban J connectivity index is 1.97. The van der Waals surface area contributed by atoms with Crippen molar-refractivity contribution in [2.45, 2.75) is 51.6 Å². The molecule has 0 bridgehead atoms. The molecular weight excluding hydrogens is 353 g/mol. The highest BCUT2D eigenvalue weighted by molar-refractivity contribution is 6.01. The quantitative estimate of drug-likeness (QED) is 0.765. The van der Waals surface area contributed by atoms with Gasteiger partial charge in [-0.15, -0.1) is 0 Å². The van der Waals surface area contributed by atoms with Gasteiger partial charge in [-0.2, -0.15) is 18.3 Å². The minimum atomic E-state index is -4.43. The average Bonchev–Trinajstić information content (AvgIpc) is 3.01. The van der Waals surface area contributed by atoms with Crippen molar-refractivity contribution in [3.05, 3.63) is 64.0 Å². The Morgan fingerprint density at radius 3 is 2.59 bits per heavy atom. The lowest BCUT2D eigenvalue weighted by atomic mass is 9.58. The predicted molar refractivity (Wildman–Crippen MR) is 95.2 cm³/mol. The van der Waals surface area contributed by atoms with E-state index < -0.39 is 17.2 Å². The second-order valence-corrected chi connectivity index (χ2v) is 8.56. The van der Waals surface area contributed by atoms with Crippen LogP contribution in [0.15, 0.2) is 41.6 Å². The summed E-state index contributed by atoms with van der Waals surface area (Å²) in [5.41, 5.74) is 1.99. The molecule has 1 aromatic heterocycles. The van der Waals surface area contributed by atoms with Crippen LogP contribution in [0.3, 0.4) is 0 Å². The zero-order valence-electron chi connectivity index (χ0n) is 15.5. The van der Waals surface area contributed by atoms with Crippen LogP contribution in [0.1, 0.15) is 56.0 Å². The number of benzene rings is 1. The summed E-state index contributed by atoms with van der Waals surface area (Å²) in [7, 11) is 0. The van der Waals surface area contributed by atoms with Gasteiger partial charge in [0.1, 0.15) is 0 Å². The normalized spacial score (nSPS) is 24.6. The molecule has 142 valence electrons. The summed E-state index contributed by atoms with van der Waals surface area (Å²) in [5.74, 6) is 0.0213. The van der Waals surface area contributed by atoms with Crippen LogP contribution in [0.2, 0.25) is 0 Å². The van der Waals surface area contributed by atoms with Crippen LogP contribution in [0.4, 0.5) is 13.2 Å². The Bertz CT molecular complexity index is 968. The molecule has 2 aliphatic carbocycles. The summed E-state index contributed by atoms with van der Waals surface area (Å²) < 4.78 is 39.9. The van der Waals surface area contributed by atoms with E-state index in [0.717, 1.165) is 29.3 Å². The minimum absolute atomic E-state index is 0.0213. The molecule has 1 atom stereocenters. The maximum Gasteiger partial charge on any atom is 0.416 e. The summed E-state index contributed by atoms with van der Waals surface area (Å²) in [6.07, 6.45) is -1.05. The molecule has 4 rings (SSSR count). The van der Waals surface area contributed by atoms with Crippen molar-refractivity contribution in [3.63, 3.8) is 0 Å². The van der Waals surface area contributed by atoms with Crippen LogP contribution in [-0.4, -0.2) is 16.0 Å². The van der Waals surface area contributed by atoms with Crippen LogP contribution in [0.25, 0.3) is 0 Å². The van der Waals surface area contributed by atoms with E-state index in [1.165, 1.54) is 12.1 Å². The van der Waals surface area contributed by atoms with Gasteiger partial charge in [0.05, 0.1) is 11.8 Å². The second kappa shape index (κ2) is 5.57. The molecule has 1 aromatic carbocycles. The maximum absolute atomic E-state index is 13.3. The zero-order chi connectivity index (χ0) is 19.6. The fourth-order valence-electron chi connectivity index (χ4n) is 4.76. The summed E-state index contributed by atoms with van der Waals surface area (Å²) in [6.45, 7) is 5.96. The van der Waals surface area contributed by atoms with E-state index in [1.54, 1.807) is 12.3 Å². The molecular formula is C21H21F3N2O. The first-order valence-corrected chi connectivity index (χ1v) is 8.98. The third-order valence-electron chi connectivity index (χ3n) is 5.88. The number of nitrogens with zero attached hydrogens (tertiary/aromatic N) is 1. The smallest absolute Gasteiger partial charge is 0.294 e. The van der Waals surface area contributed by atoms with Gasteiger partial charge in [0, 0.05) is 35.1 Å². The van der Waals surface area contributed by atoms with Crippen molar-refractivity contribution in [2.24, 2.45) is 5.41 Å². The molecule has 0 radical (unpaired) electrons. The molecule has 3 nitrogen and oxygen atoms in total. The first kappa shape index (κ1) is 18.0. The number of nitrogens with one attached hydrogen (secondary N) is 1. The highest BCUT2D eigenvalue weighted by Gasteiger charge is 2.48. The van der Waals surface area contributed by atoms with Gasteiger partial charge in [0.25, 0.3) is 0 Å². The summed E-state index contributed by atoms with van der Waals surface area (Å²) in [4.78, 5) is 13.1.